The molecule has 0 saturated carbocycles. The van der Waals surface area contributed by atoms with Crippen LogP contribution in [0.2, 0.25) is 0 Å². The van der Waals surface area contributed by atoms with E-state index >= 15 is 0 Å². The molecule has 0 saturated heterocycles. The van der Waals surface area contributed by atoms with Crippen molar-refractivity contribution < 1.29 is 34.0 Å². The third kappa shape index (κ3) is 2.12. The Bertz CT molecular complexity index is 928. The summed E-state index contributed by atoms with van der Waals surface area (Å²) in [6, 6.07) is 2.73. The third-order valence-corrected chi connectivity index (χ3v) is 4.32. The SMILES string of the molecule is COc1cc2c(c(O)c1C)C(=O)c1c(O)c(OC)cc(OC)c1C2=O. The molecule has 3 rings (SSSR count). The van der Waals surface area contributed by atoms with Crippen LogP contribution in [0.3, 0.4) is 0 Å². The molecule has 1 aliphatic rings. The van der Waals surface area contributed by atoms with Gasteiger partial charge in [-0.1, -0.05) is 0 Å². The first-order valence-electron chi connectivity index (χ1n) is 7.35. The zero-order valence-electron chi connectivity index (χ0n) is 14.1. The minimum Gasteiger partial charge on any atom is -0.507 e. The standard InChI is InChI=1S/C18H16O7/c1-7-9(23-2)5-8-12(15(7)19)18(22)14-13(16(8)20)10(24-3)6-11(25-4)17(14)21/h5-6,19,21H,1-4H3. The molecule has 1 aliphatic carbocycles. The molecule has 0 fully saturated rings. The predicted molar refractivity (Wildman–Crippen MR) is 87.5 cm³/mol. The van der Waals surface area contributed by atoms with Gasteiger partial charge in [0, 0.05) is 17.2 Å². The maximum Gasteiger partial charge on any atom is 0.202 e. The fourth-order valence-corrected chi connectivity index (χ4v) is 3.01. The van der Waals surface area contributed by atoms with Crippen LogP contribution in [0.15, 0.2) is 12.1 Å². The van der Waals surface area contributed by atoms with Crippen LogP contribution in [-0.4, -0.2) is 43.1 Å². The number of phenols is 2. The molecule has 0 amide bonds. The molecule has 2 aromatic rings. The third-order valence-electron chi connectivity index (χ3n) is 4.32. The fraction of sp³-hybridized carbons (Fsp3) is 0.222. The van der Waals surface area contributed by atoms with Crippen LogP contribution in [0, 0.1) is 6.92 Å². The lowest BCUT2D eigenvalue weighted by atomic mass is 9.81. The Kier molecular flexibility index (Phi) is 3.79. The first-order valence-corrected chi connectivity index (χ1v) is 7.35. The molecule has 0 spiro atoms. The largest absolute Gasteiger partial charge is 0.507 e. The number of carbonyl (C=O) groups is 2. The zero-order chi connectivity index (χ0) is 18.5. The lowest BCUT2D eigenvalue weighted by Crippen LogP contribution is -2.23. The van der Waals surface area contributed by atoms with Crippen LogP contribution in [-0.2, 0) is 0 Å². The molecule has 130 valence electrons. The van der Waals surface area contributed by atoms with Gasteiger partial charge in [-0.25, -0.2) is 0 Å². The molecular weight excluding hydrogens is 328 g/mol. The quantitative estimate of drug-likeness (QED) is 0.751. The molecule has 0 unspecified atom stereocenters. The van der Waals surface area contributed by atoms with E-state index < -0.39 is 17.3 Å². The van der Waals surface area contributed by atoms with E-state index in [1.807, 2.05) is 0 Å². The van der Waals surface area contributed by atoms with Crippen LogP contribution < -0.4 is 14.2 Å². The van der Waals surface area contributed by atoms with Crippen molar-refractivity contribution in [2.24, 2.45) is 0 Å². The van der Waals surface area contributed by atoms with Gasteiger partial charge in [-0.2, -0.15) is 0 Å². The summed E-state index contributed by atoms with van der Waals surface area (Å²) in [7, 11) is 4.05. The van der Waals surface area contributed by atoms with Gasteiger partial charge < -0.3 is 24.4 Å². The van der Waals surface area contributed by atoms with Crippen LogP contribution >= 0.6 is 0 Å². The first-order chi connectivity index (χ1) is 11.9. The number of benzene rings is 2. The fourth-order valence-electron chi connectivity index (χ4n) is 3.01. The first kappa shape index (κ1) is 16.6. The van der Waals surface area contributed by atoms with E-state index in [0.717, 1.165) is 0 Å². The number of hydrogen-bond donors (Lipinski definition) is 2. The van der Waals surface area contributed by atoms with E-state index in [9.17, 15) is 19.8 Å². The number of ketones is 2. The van der Waals surface area contributed by atoms with E-state index in [1.165, 1.54) is 33.5 Å². The lowest BCUT2D eigenvalue weighted by Gasteiger charge is -2.23. The molecule has 0 aliphatic heterocycles. The van der Waals surface area contributed by atoms with Crippen molar-refractivity contribution in [2.75, 3.05) is 21.3 Å². The normalized spacial score (nSPS) is 12.5. The number of hydrogen-bond acceptors (Lipinski definition) is 7. The van der Waals surface area contributed by atoms with Crippen molar-refractivity contribution in [3.8, 4) is 28.7 Å². The highest BCUT2D eigenvalue weighted by atomic mass is 16.5. The Hall–Kier alpha value is -3.22. The van der Waals surface area contributed by atoms with Crippen LogP contribution in [0.1, 0.15) is 37.4 Å². The Balaban J connectivity index is 2.42. The molecule has 2 aromatic carbocycles. The average Bonchev–Trinajstić information content (AvgIpc) is 2.61. The summed E-state index contributed by atoms with van der Waals surface area (Å²) in [5.41, 5.74) is -0.209. The molecule has 25 heavy (non-hydrogen) atoms. The topological polar surface area (TPSA) is 102 Å². The number of carbonyl (C=O) groups excluding carboxylic acids is 2. The second-order valence-corrected chi connectivity index (χ2v) is 5.51. The van der Waals surface area contributed by atoms with Gasteiger partial charge >= 0.3 is 0 Å². The van der Waals surface area contributed by atoms with Crippen LogP contribution in [0.25, 0.3) is 0 Å². The average molecular weight is 344 g/mol. The van der Waals surface area contributed by atoms with Gasteiger partial charge in [-0.15, -0.1) is 0 Å². The smallest absolute Gasteiger partial charge is 0.202 e. The molecule has 0 heterocycles. The number of fused-ring (bicyclic) bond motifs is 2. The van der Waals surface area contributed by atoms with Crippen molar-refractivity contribution in [3.63, 3.8) is 0 Å². The monoisotopic (exact) mass is 344 g/mol. The van der Waals surface area contributed by atoms with Crippen LogP contribution in [0.4, 0.5) is 0 Å². The molecule has 0 aromatic heterocycles. The van der Waals surface area contributed by atoms with Crippen molar-refractivity contribution in [3.05, 3.63) is 39.9 Å². The molecule has 7 heteroatoms. The molecule has 0 radical (unpaired) electrons. The van der Waals surface area contributed by atoms with Gasteiger partial charge in [0.1, 0.15) is 17.2 Å². The van der Waals surface area contributed by atoms with E-state index in [4.69, 9.17) is 14.2 Å². The Morgan fingerprint density at radius 3 is 1.88 bits per heavy atom. The lowest BCUT2D eigenvalue weighted by molar-refractivity contribution is 0.0970. The highest BCUT2D eigenvalue weighted by molar-refractivity contribution is 6.31. The van der Waals surface area contributed by atoms with Crippen molar-refractivity contribution in [1.29, 1.82) is 0 Å². The highest BCUT2D eigenvalue weighted by Gasteiger charge is 2.39. The predicted octanol–water partition coefficient (Wildman–Crippen LogP) is 2.21. The van der Waals surface area contributed by atoms with Gasteiger partial charge in [0.15, 0.2) is 17.3 Å². The van der Waals surface area contributed by atoms with Gasteiger partial charge in [-0.05, 0) is 13.0 Å². The minimum absolute atomic E-state index is 0.00933. The highest BCUT2D eigenvalue weighted by Crippen LogP contribution is 2.47. The molecule has 0 atom stereocenters. The van der Waals surface area contributed by atoms with Gasteiger partial charge in [-0.3, -0.25) is 9.59 Å². The molecule has 2 N–H and O–H groups in total. The van der Waals surface area contributed by atoms with Gasteiger partial charge in [0.2, 0.25) is 5.78 Å². The maximum absolute atomic E-state index is 13.0. The van der Waals surface area contributed by atoms with E-state index in [-0.39, 0.29) is 45.3 Å². The van der Waals surface area contributed by atoms with Crippen molar-refractivity contribution in [1.82, 2.24) is 0 Å². The number of ether oxygens (including phenoxy) is 3. The minimum atomic E-state index is -0.692. The van der Waals surface area contributed by atoms with Crippen LogP contribution in [0.5, 0.6) is 28.7 Å². The summed E-state index contributed by atoms with van der Waals surface area (Å²) in [4.78, 5) is 25.9. The Morgan fingerprint density at radius 1 is 0.720 bits per heavy atom. The molecular formula is C18H16O7. The number of aromatic hydroxyl groups is 2. The van der Waals surface area contributed by atoms with Gasteiger partial charge in [0.25, 0.3) is 0 Å². The summed E-state index contributed by atoms with van der Waals surface area (Å²) < 4.78 is 15.4. The maximum atomic E-state index is 13.0. The molecule has 7 nitrogen and oxygen atoms in total. The number of rotatable bonds is 3. The number of phenolic OH excluding ortho intramolecular Hbond substituents is 2. The second-order valence-electron chi connectivity index (χ2n) is 5.51. The summed E-state index contributed by atoms with van der Waals surface area (Å²) in [5.74, 6) is -1.74. The summed E-state index contributed by atoms with van der Waals surface area (Å²) >= 11 is 0. The Morgan fingerprint density at radius 2 is 1.32 bits per heavy atom. The summed E-state index contributed by atoms with van der Waals surface area (Å²) in [6.07, 6.45) is 0. The van der Waals surface area contributed by atoms with Crippen molar-refractivity contribution in [2.45, 2.75) is 6.92 Å². The molecule has 0 bridgehead atoms. The summed E-state index contributed by atoms with van der Waals surface area (Å²) in [6.45, 7) is 1.56. The number of methoxy groups -OCH3 is 3. The Labute approximate surface area is 143 Å². The van der Waals surface area contributed by atoms with Gasteiger partial charge in [0.05, 0.1) is 38.0 Å². The van der Waals surface area contributed by atoms with E-state index in [2.05, 4.69) is 0 Å². The van der Waals surface area contributed by atoms with Crippen molar-refractivity contribution >= 4 is 11.6 Å². The summed E-state index contributed by atoms with van der Waals surface area (Å²) in [5, 5.41) is 20.8. The zero-order valence-corrected chi connectivity index (χ0v) is 14.1. The second kappa shape index (κ2) is 5.70. The van der Waals surface area contributed by atoms with E-state index in [1.54, 1.807) is 6.92 Å². The van der Waals surface area contributed by atoms with E-state index in [0.29, 0.717) is 5.56 Å².